The standard InChI is InChI=1S/C54H86O3/c1-3-5-7-9-11-13-15-17-19-21-23-25-27-29-31-39-45-53(51-47-55-51,49-41-35-33-36-42-49)57-54(52-48-56-52,50-43-37-34-38-44-50)46-40-32-30-28-26-24-22-20-18-16-14-12-10-8-6-4-2/h17-20,33-38,41-44,51-52H,3-16,21-32,39-40,45-48H2,1-2H3/b19-17-,20-18-. The summed E-state index contributed by atoms with van der Waals surface area (Å²) in [6.45, 7) is 6.13. The van der Waals surface area contributed by atoms with E-state index < -0.39 is 11.2 Å². The van der Waals surface area contributed by atoms with Crippen LogP contribution in [0.3, 0.4) is 0 Å². The Morgan fingerprint density at radius 3 is 1.00 bits per heavy atom. The van der Waals surface area contributed by atoms with Crippen LogP contribution >= 0.6 is 0 Å². The molecule has 3 nitrogen and oxygen atoms in total. The molecule has 0 saturated carbocycles. The van der Waals surface area contributed by atoms with Gasteiger partial charge in [0.15, 0.2) is 0 Å². The molecular formula is C54H86O3. The quantitative estimate of drug-likeness (QED) is 0.0386. The zero-order chi connectivity index (χ0) is 40.0. The van der Waals surface area contributed by atoms with Crippen LogP contribution in [0.4, 0.5) is 0 Å². The molecule has 0 aliphatic carbocycles. The highest BCUT2D eigenvalue weighted by molar-refractivity contribution is 5.31. The van der Waals surface area contributed by atoms with Gasteiger partial charge in [0, 0.05) is 0 Å². The van der Waals surface area contributed by atoms with Crippen LogP contribution in [0, 0.1) is 0 Å². The van der Waals surface area contributed by atoms with Crippen molar-refractivity contribution in [3.05, 3.63) is 96.1 Å². The zero-order valence-electron chi connectivity index (χ0n) is 37.1. The smallest absolute Gasteiger partial charge is 0.123 e. The van der Waals surface area contributed by atoms with Gasteiger partial charge in [0.05, 0.1) is 13.2 Å². The van der Waals surface area contributed by atoms with Gasteiger partial charge >= 0.3 is 0 Å². The second-order valence-electron chi connectivity index (χ2n) is 17.6. The van der Waals surface area contributed by atoms with Crippen molar-refractivity contribution in [3.8, 4) is 0 Å². The molecular weight excluding hydrogens is 697 g/mol. The van der Waals surface area contributed by atoms with Crippen LogP contribution in [-0.4, -0.2) is 25.4 Å². The van der Waals surface area contributed by atoms with Gasteiger partial charge in [0.25, 0.3) is 0 Å². The Labute approximate surface area is 352 Å². The fourth-order valence-electron chi connectivity index (χ4n) is 9.00. The lowest BCUT2D eigenvalue weighted by Gasteiger charge is -2.44. The van der Waals surface area contributed by atoms with Gasteiger partial charge in [-0.15, -0.1) is 0 Å². The first-order chi connectivity index (χ1) is 28.2. The van der Waals surface area contributed by atoms with Crippen molar-refractivity contribution < 1.29 is 14.2 Å². The molecule has 2 aromatic carbocycles. The van der Waals surface area contributed by atoms with Crippen molar-refractivity contribution in [2.45, 2.75) is 230 Å². The number of epoxide rings is 2. The number of benzene rings is 2. The van der Waals surface area contributed by atoms with Crippen LogP contribution in [-0.2, 0) is 25.4 Å². The van der Waals surface area contributed by atoms with Gasteiger partial charge in [-0.2, -0.15) is 0 Å². The highest BCUT2D eigenvalue weighted by atomic mass is 16.6. The molecule has 4 rings (SSSR count). The minimum Gasteiger partial charge on any atom is -0.370 e. The van der Waals surface area contributed by atoms with Crippen LogP contribution < -0.4 is 0 Å². The van der Waals surface area contributed by atoms with E-state index in [2.05, 4.69) is 98.8 Å². The second-order valence-corrected chi connectivity index (χ2v) is 17.6. The highest BCUT2D eigenvalue weighted by Crippen LogP contribution is 2.52. The molecule has 4 atom stereocenters. The third kappa shape index (κ3) is 18.7. The first-order valence-electron chi connectivity index (χ1n) is 24.6. The molecule has 0 spiro atoms. The molecule has 2 fully saturated rings. The van der Waals surface area contributed by atoms with E-state index in [0.717, 1.165) is 38.9 Å². The number of ether oxygens (including phenoxy) is 3. The maximum absolute atomic E-state index is 7.83. The van der Waals surface area contributed by atoms with Crippen molar-refractivity contribution in [3.63, 3.8) is 0 Å². The van der Waals surface area contributed by atoms with Crippen molar-refractivity contribution in [2.24, 2.45) is 0 Å². The first-order valence-corrected chi connectivity index (χ1v) is 24.6. The zero-order valence-corrected chi connectivity index (χ0v) is 37.1. The Balaban J connectivity index is 1.24. The van der Waals surface area contributed by atoms with E-state index in [0.29, 0.717) is 0 Å². The average Bonchev–Trinajstić information content (AvgIpc) is 4.18. The Morgan fingerprint density at radius 2 is 0.702 bits per heavy atom. The van der Waals surface area contributed by atoms with Crippen molar-refractivity contribution >= 4 is 0 Å². The molecule has 4 unspecified atom stereocenters. The first kappa shape index (κ1) is 47.5. The molecule has 0 radical (unpaired) electrons. The minimum absolute atomic E-state index is 0.0877. The van der Waals surface area contributed by atoms with Crippen molar-refractivity contribution in [1.82, 2.24) is 0 Å². The molecule has 0 amide bonds. The Hall–Kier alpha value is -2.20. The largest absolute Gasteiger partial charge is 0.370 e. The van der Waals surface area contributed by atoms with E-state index in [9.17, 15) is 0 Å². The molecule has 57 heavy (non-hydrogen) atoms. The molecule has 3 heteroatoms. The molecule has 0 bridgehead atoms. The van der Waals surface area contributed by atoms with Crippen LogP contribution in [0.15, 0.2) is 85.0 Å². The summed E-state index contributed by atoms with van der Waals surface area (Å²) in [5.41, 5.74) is 1.57. The number of unbranched alkanes of at least 4 members (excludes halogenated alkanes) is 24. The van der Waals surface area contributed by atoms with Gasteiger partial charge in [-0.05, 0) is 75.3 Å². The molecule has 0 aromatic heterocycles. The normalized spacial score (nSPS) is 18.6. The van der Waals surface area contributed by atoms with Gasteiger partial charge in [-0.25, -0.2) is 0 Å². The number of hydrogen-bond donors (Lipinski definition) is 0. The predicted octanol–water partition coefficient (Wildman–Crippen LogP) is 16.4. The Morgan fingerprint density at radius 1 is 0.421 bits per heavy atom. The van der Waals surface area contributed by atoms with Crippen LogP contribution in [0.1, 0.15) is 218 Å². The second kappa shape index (κ2) is 29.9. The fraction of sp³-hybridized carbons (Fsp3) is 0.704. The molecule has 2 heterocycles. The SMILES string of the molecule is CCCCCCCC/C=C\CCCCCCCCC(OC(CCCCCCCC/C=C\CCCCCCCC)(c1ccccc1)C1CO1)(c1ccccc1)C1CO1. The average molecular weight is 783 g/mol. The van der Waals surface area contributed by atoms with E-state index in [4.69, 9.17) is 14.2 Å². The summed E-state index contributed by atoms with van der Waals surface area (Å²) < 4.78 is 20.3. The van der Waals surface area contributed by atoms with Crippen molar-refractivity contribution in [2.75, 3.05) is 13.2 Å². The minimum atomic E-state index is -0.480. The van der Waals surface area contributed by atoms with Gasteiger partial charge in [0.2, 0.25) is 0 Å². The topological polar surface area (TPSA) is 34.3 Å². The Kier molecular flexibility index (Phi) is 24.9. The summed E-state index contributed by atoms with van der Waals surface area (Å²) in [5, 5.41) is 0. The van der Waals surface area contributed by atoms with Crippen LogP contribution in [0.5, 0.6) is 0 Å². The van der Waals surface area contributed by atoms with Gasteiger partial charge < -0.3 is 14.2 Å². The molecule has 2 saturated heterocycles. The van der Waals surface area contributed by atoms with Crippen LogP contribution in [0.25, 0.3) is 0 Å². The summed E-state index contributed by atoms with van der Waals surface area (Å²) in [5.74, 6) is 0. The van der Waals surface area contributed by atoms with E-state index in [1.54, 1.807) is 0 Å². The summed E-state index contributed by atoms with van der Waals surface area (Å²) in [4.78, 5) is 0. The highest BCUT2D eigenvalue weighted by Gasteiger charge is 2.58. The summed E-state index contributed by atoms with van der Waals surface area (Å²) in [7, 11) is 0. The van der Waals surface area contributed by atoms with Crippen molar-refractivity contribution in [1.29, 1.82) is 0 Å². The maximum atomic E-state index is 7.83. The summed E-state index contributed by atoms with van der Waals surface area (Å²) in [6, 6.07) is 22.1. The van der Waals surface area contributed by atoms with Gasteiger partial charge in [0.1, 0.15) is 23.4 Å². The lowest BCUT2D eigenvalue weighted by Crippen LogP contribution is -2.48. The van der Waals surface area contributed by atoms with E-state index in [-0.39, 0.29) is 12.2 Å². The van der Waals surface area contributed by atoms with Crippen LogP contribution in [0.2, 0.25) is 0 Å². The van der Waals surface area contributed by atoms with Gasteiger partial charge in [-0.1, -0.05) is 227 Å². The van der Waals surface area contributed by atoms with E-state index in [1.807, 2.05) is 0 Å². The molecule has 2 aliphatic heterocycles. The third-order valence-electron chi connectivity index (χ3n) is 12.7. The molecule has 0 N–H and O–H groups in total. The molecule has 320 valence electrons. The summed E-state index contributed by atoms with van der Waals surface area (Å²) >= 11 is 0. The lowest BCUT2D eigenvalue weighted by molar-refractivity contribution is -0.197. The summed E-state index contributed by atoms with van der Waals surface area (Å²) in [6.07, 6.45) is 48.8. The van der Waals surface area contributed by atoms with Gasteiger partial charge in [-0.3, -0.25) is 0 Å². The van der Waals surface area contributed by atoms with E-state index >= 15 is 0 Å². The Bertz CT molecular complexity index is 1180. The predicted molar refractivity (Wildman–Crippen MR) is 245 cm³/mol. The van der Waals surface area contributed by atoms with E-state index in [1.165, 1.54) is 178 Å². The monoisotopic (exact) mass is 783 g/mol. The number of hydrogen-bond acceptors (Lipinski definition) is 3. The number of allylic oxidation sites excluding steroid dienone is 4. The number of rotatable bonds is 38. The third-order valence-corrected chi connectivity index (χ3v) is 12.7. The lowest BCUT2D eigenvalue weighted by atomic mass is 9.80. The maximum Gasteiger partial charge on any atom is 0.123 e. The fourth-order valence-corrected chi connectivity index (χ4v) is 9.00. The molecule has 2 aromatic rings. The molecule has 2 aliphatic rings.